The molecule has 27 heavy (non-hydrogen) atoms. The highest BCUT2D eigenvalue weighted by Crippen LogP contribution is 2.18. The number of likely N-dealkylation sites (tertiary alicyclic amines) is 1. The Morgan fingerprint density at radius 3 is 2.89 bits per heavy atom. The molecule has 0 saturated carbocycles. The molecule has 3 unspecified atom stereocenters. The summed E-state index contributed by atoms with van der Waals surface area (Å²) < 4.78 is 0. The molecule has 3 atom stereocenters. The van der Waals surface area contributed by atoms with Gasteiger partial charge in [0.05, 0.1) is 18.6 Å². The number of thiophene rings is 1. The van der Waals surface area contributed by atoms with E-state index in [1.165, 1.54) is 4.88 Å². The van der Waals surface area contributed by atoms with E-state index in [0.29, 0.717) is 19.0 Å². The van der Waals surface area contributed by atoms with E-state index in [4.69, 9.17) is 0 Å². The van der Waals surface area contributed by atoms with Crippen LogP contribution in [0.25, 0.3) is 0 Å². The van der Waals surface area contributed by atoms with Crippen LogP contribution in [0.1, 0.15) is 37.5 Å². The molecule has 0 aliphatic carbocycles. The van der Waals surface area contributed by atoms with Crippen molar-refractivity contribution in [3.05, 3.63) is 22.4 Å². The Bertz CT molecular complexity index is 593. The van der Waals surface area contributed by atoms with Gasteiger partial charge in [0.1, 0.15) is 0 Å². The summed E-state index contributed by atoms with van der Waals surface area (Å²) in [5.74, 6) is 0.626. The summed E-state index contributed by atoms with van der Waals surface area (Å²) in [7, 11) is 0. The van der Waals surface area contributed by atoms with Crippen LogP contribution in [0.5, 0.6) is 0 Å². The summed E-state index contributed by atoms with van der Waals surface area (Å²) in [5.41, 5.74) is 0. The lowest BCUT2D eigenvalue weighted by Gasteiger charge is -2.36. The Morgan fingerprint density at radius 2 is 2.19 bits per heavy atom. The fraction of sp³-hybridized carbons (Fsp3) is 0.684. The van der Waals surface area contributed by atoms with E-state index in [0.717, 1.165) is 45.3 Å². The van der Waals surface area contributed by atoms with E-state index >= 15 is 0 Å². The summed E-state index contributed by atoms with van der Waals surface area (Å²) in [5, 5.41) is 11.4. The Morgan fingerprint density at radius 1 is 1.33 bits per heavy atom. The third-order valence-corrected chi connectivity index (χ3v) is 6.31. The van der Waals surface area contributed by atoms with Crippen molar-refractivity contribution in [2.45, 2.75) is 51.2 Å². The fourth-order valence-corrected chi connectivity index (χ4v) is 4.44. The molecule has 2 aliphatic rings. The Labute approximate surface area is 171 Å². The molecule has 3 rings (SSSR count). The molecule has 2 fully saturated rings. The van der Waals surface area contributed by atoms with Crippen molar-refractivity contribution < 1.29 is 9.59 Å². The predicted octanol–water partition coefficient (Wildman–Crippen LogP) is 1.75. The first-order valence-electron chi connectivity index (χ1n) is 9.68. The minimum absolute atomic E-state index is 0. The minimum atomic E-state index is -0.134. The van der Waals surface area contributed by atoms with Gasteiger partial charge in [0, 0.05) is 18.0 Å². The number of nitrogens with one attached hydrogen (secondary N) is 3. The van der Waals surface area contributed by atoms with E-state index in [2.05, 4.69) is 20.9 Å². The molecule has 0 aromatic carbocycles. The third-order valence-electron chi connectivity index (χ3n) is 5.44. The molecule has 1 aromatic heterocycles. The van der Waals surface area contributed by atoms with E-state index in [1.54, 1.807) is 11.3 Å². The topological polar surface area (TPSA) is 73.5 Å². The quantitative estimate of drug-likeness (QED) is 0.635. The predicted molar refractivity (Wildman–Crippen MR) is 111 cm³/mol. The van der Waals surface area contributed by atoms with Crippen molar-refractivity contribution in [1.29, 1.82) is 0 Å². The van der Waals surface area contributed by atoms with E-state index < -0.39 is 0 Å². The monoisotopic (exact) mass is 414 g/mol. The van der Waals surface area contributed by atoms with Crippen LogP contribution in [0.15, 0.2) is 17.5 Å². The van der Waals surface area contributed by atoms with Crippen LogP contribution >= 0.6 is 23.7 Å². The number of carbonyl (C=O) groups excluding carboxylic acids is 2. The maximum absolute atomic E-state index is 12.5. The largest absolute Gasteiger partial charge is 0.354 e. The van der Waals surface area contributed by atoms with Crippen LogP contribution in [0, 0.1) is 5.92 Å². The van der Waals surface area contributed by atoms with Crippen LogP contribution in [-0.4, -0.2) is 55.0 Å². The number of nitrogens with zero attached hydrogens (tertiary/aromatic N) is 1. The van der Waals surface area contributed by atoms with Crippen LogP contribution in [0.2, 0.25) is 0 Å². The highest BCUT2D eigenvalue weighted by molar-refractivity contribution is 7.09. The van der Waals surface area contributed by atoms with E-state index in [-0.39, 0.29) is 36.3 Å². The zero-order valence-corrected chi connectivity index (χ0v) is 17.5. The van der Waals surface area contributed by atoms with Gasteiger partial charge < -0.3 is 16.0 Å². The average Bonchev–Trinajstić information content (AvgIpc) is 3.37. The van der Waals surface area contributed by atoms with Crippen molar-refractivity contribution in [2.75, 3.05) is 26.2 Å². The first-order valence-corrected chi connectivity index (χ1v) is 10.6. The van der Waals surface area contributed by atoms with Crippen molar-refractivity contribution >= 4 is 35.6 Å². The van der Waals surface area contributed by atoms with Gasteiger partial charge in [-0.25, -0.2) is 0 Å². The number of halogens is 1. The highest BCUT2D eigenvalue weighted by atomic mass is 35.5. The van der Waals surface area contributed by atoms with Crippen LogP contribution in [0.4, 0.5) is 0 Å². The summed E-state index contributed by atoms with van der Waals surface area (Å²) in [6, 6.07) is 3.89. The average molecular weight is 415 g/mol. The number of hydrogen-bond donors (Lipinski definition) is 3. The number of carbonyl (C=O) groups is 2. The summed E-state index contributed by atoms with van der Waals surface area (Å²) >= 11 is 1.66. The van der Waals surface area contributed by atoms with Gasteiger partial charge in [-0.2, -0.15) is 0 Å². The first-order chi connectivity index (χ1) is 12.6. The molecule has 3 N–H and O–H groups in total. The molecule has 0 radical (unpaired) electrons. The fourth-order valence-electron chi connectivity index (χ4n) is 3.79. The minimum Gasteiger partial charge on any atom is -0.354 e. The number of hydrogen-bond acceptors (Lipinski definition) is 5. The molecule has 0 bridgehead atoms. The zero-order chi connectivity index (χ0) is 18.4. The summed E-state index contributed by atoms with van der Waals surface area (Å²) in [4.78, 5) is 28.0. The van der Waals surface area contributed by atoms with Gasteiger partial charge in [-0.15, -0.1) is 23.7 Å². The molecule has 2 aliphatic heterocycles. The smallest absolute Gasteiger partial charge is 0.237 e. The van der Waals surface area contributed by atoms with E-state index in [1.807, 2.05) is 24.4 Å². The van der Waals surface area contributed by atoms with Gasteiger partial charge >= 0.3 is 0 Å². The van der Waals surface area contributed by atoms with Gasteiger partial charge in [0.25, 0.3) is 0 Å². The lowest BCUT2D eigenvalue weighted by molar-refractivity contribution is -0.127. The lowest BCUT2D eigenvalue weighted by atomic mass is 9.96. The van der Waals surface area contributed by atoms with Crippen molar-refractivity contribution in [2.24, 2.45) is 5.92 Å². The Hall–Kier alpha value is -1.15. The Kier molecular flexibility index (Phi) is 9.02. The second-order valence-corrected chi connectivity index (χ2v) is 8.40. The molecule has 2 amide bonds. The summed E-state index contributed by atoms with van der Waals surface area (Å²) in [6.45, 7) is 6.04. The highest BCUT2D eigenvalue weighted by Gasteiger charge is 2.28. The standard InChI is InChI=1S/C19H30N4O2S.ClH/c1-14(18(24)22-12-16-6-4-10-26-16)23-9-3-5-15(13-23)11-21-19(25)17-7-2-8-20-17;/h4,6,10,14-15,17,20H,2-3,5,7-9,11-13H2,1H3,(H,21,25)(H,22,24);1H. The Balaban J connectivity index is 0.00000261. The maximum atomic E-state index is 12.5. The van der Waals surface area contributed by atoms with Crippen LogP contribution in [-0.2, 0) is 16.1 Å². The molecule has 1 aromatic rings. The van der Waals surface area contributed by atoms with Gasteiger partial charge in [-0.1, -0.05) is 6.07 Å². The molecule has 8 heteroatoms. The second kappa shape index (κ2) is 11.0. The van der Waals surface area contributed by atoms with Crippen molar-refractivity contribution in [3.8, 4) is 0 Å². The first kappa shape index (κ1) is 22.1. The molecule has 0 spiro atoms. The number of piperidine rings is 1. The molecule has 152 valence electrons. The maximum Gasteiger partial charge on any atom is 0.237 e. The van der Waals surface area contributed by atoms with Crippen molar-refractivity contribution in [3.63, 3.8) is 0 Å². The van der Waals surface area contributed by atoms with E-state index in [9.17, 15) is 9.59 Å². The summed E-state index contributed by atoms with van der Waals surface area (Å²) in [6.07, 6.45) is 4.20. The number of rotatable bonds is 7. The lowest BCUT2D eigenvalue weighted by Crippen LogP contribution is -2.51. The van der Waals surface area contributed by atoms with Crippen molar-refractivity contribution in [1.82, 2.24) is 20.9 Å². The van der Waals surface area contributed by atoms with Gasteiger partial charge in [-0.3, -0.25) is 14.5 Å². The SMILES string of the molecule is CC(C(=O)NCc1cccs1)N1CCCC(CNC(=O)C2CCCN2)C1.Cl. The number of amides is 2. The normalized spacial score (nSPS) is 24.0. The van der Waals surface area contributed by atoms with Gasteiger partial charge in [0.15, 0.2) is 0 Å². The molecular weight excluding hydrogens is 384 g/mol. The second-order valence-electron chi connectivity index (χ2n) is 7.37. The zero-order valence-electron chi connectivity index (χ0n) is 15.9. The van der Waals surface area contributed by atoms with Crippen LogP contribution < -0.4 is 16.0 Å². The third kappa shape index (κ3) is 6.45. The van der Waals surface area contributed by atoms with Gasteiger partial charge in [-0.05, 0) is 63.1 Å². The van der Waals surface area contributed by atoms with Crippen LogP contribution in [0.3, 0.4) is 0 Å². The molecule has 2 saturated heterocycles. The molecule has 6 nitrogen and oxygen atoms in total. The molecular formula is C19H31ClN4O2S. The molecule has 3 heterocycles. The van der Waals surface area contributed by atoms with Gasteiger partial charge in [0.2, 0.25) is 11.8 Å².